The zero-order valence-electron chi connectivity index (χ0n) is 8.67. The van der Waals surface area contributed by atoms with Gasteiger partial charge in [-0.15, -0.1) is 0 Å². The van der Waals surface area contributed by atoms with Crippen molar-refractivity contribution in [3.63, 3.8) is 0 Å². The third kappa shape index (κ3) is 3.78. The molecule has 2 nitrogen and oxygen atoms in total. The van der Waals surface area contributed by atoms with E-state index in [-0.39, 0.29) is 11.9 Å². The monoisotopic (exact) mass is 231 g/mol. The van der Waals surface area contributed by atoms with Gasteiger partial charge in [-0.1, -0.05) is 17.7 Å². The first-order valence-electron chi connectivity index (χ1n) is 4.82. The second kappa shape index (κ2) is 6.05. The number of rotatable bonds is 5. The fourth-order valence-corrected chi connectivity index (χ4v) is 1.66. The molecule has 1 rings (SSSR count). The summed E-state index contributed by atoms with van der Waals surface area (Å²) in [5, 5.41) is 0.458. The molecule has 0 fully saturated rings. The average molecular weight is 232 g/mol. The van der Waals surface area contributed by atoms with E-state index in [4.69, 9.17) is 22.1 Å². The van der Waals surface area contributed by atoms with Gasteiger partial charge in [0, 0.05) is 23.7 Å². The summed E-state index contributed by atoms with van der Waals surface area (Å²) >= 11 is 5.88. The average Bonchev–Trinajstić information content (AvgIpc) is 2.17. The van der Waals surface area contributed by atoms with Gasteiger partial charge in [-0.25, -0.2) is 4.39 Å². The topological polar surface area (TPSA) is 35.2 Å². The Balaban J connectivity index is 2.57. The van der Waals surface area contributed by atoms with E-state index in [9.17, 15) is 4.39 Å². The molecule has 0 amide bonds. The summed E-state index contributed by atoms with van der Waals surface area (Å²) in [6.07, 6.45) is 1.20. The molecule has 0 bridgehead atoms. The smallest absolute Gasteiger partial charge is 0.127 e. The van der Waals surface area contributed by atoms with E-state index in [1.54, 1.807) is 19.2 Å². The molecule has 1 unspecified atom stereocenters. The molecule has 1 aromatic carbocycles. The molecular weight excluding hydrogens is 217 g/mol. The number of halogens is 2. The van der Waals surface area contributed by atoms with Crippen LogP contribution in [0.25, 0.3) is 0 Å². The van der Waals surface area contributed by atoms with Crippen LogP contribution in [0.15, 0.2) is 18.2 Å². The fourth-order valence-electron chi connectivity index (χ4n) is 1.40. The van der Waals surface area contributed by atoms with E-state index < -0.39 is 0 Å². The number of ether oxygens (including phenoxy) is 1. The normalized spacial score (nSPS) is 12.8. The second-order valence-corrected chi connectivity index (χ2v) is 3.86. The summed E-state index contributed by atoms with van der Waals surface area (Å²) in [7, 11) is 1.59. The van der Waals surface area contributed by atoms with Crippen LogP contribution in [0, 0.1) is 5.82 Å². The van der Waals surface area contributed by atoms with Gasteiger partial charge in [0.25, 0.3) is 0 Å². The van der Waals surface area contributed by atoms with Gasteiger partial charge in [0.05, 0.1) is 6.61 Å². The molecule has 0 aromatic heterocycles. The largest absolute Gasteiger partial charge is 0.383 e. The van der Waals surface area contributed by atoms with Crippen LogP contribution < -0.4 is 5.73 Å². The molecule has 0 aliphatic carbocycles. The minimum absolute atomic E-state index is 0.0781. The molecule has 1 aromatic rings. The number of benzene rings is 1. The van der Waals surface area contributed by atoms with E-state index in [0.717, 1.165) is 0 Å². The maximum Gasteiger partial charge on any atom is 0.127 e. The molecule has 0 heterocycles. The SMILES string of the molecule is COCC(N)CCc1c(F)cccc1Cl. The van der Waals surface area contributed by atoms with Gasteiger partial charge in [-0.2, -0.15) is 0 Å². The van der Waals surface area contributed by atoms with Crippen LogP contribution in [0.1, 0.15) is 12.0 Å². The van der Waals surface area contributed by atoms with Gasteiger partial charge in [-0.05, 0) is 25.0 Å². The molecule has 0 aliphatic rings. The molecular formula is C11H15ClFNO. The summed E-state index contributed by atoms with van der Waals surface area (Å²) in [5.74, 6) is -0.271. The zero-order chi connectivity index (χ0) is 11.3. The molecule has 0 aliphatic heterocycles. The molecule has 84 valence electrons. The van der Waals surface area contributed by atoms with Crippen LogP contribution in [0.2, 0.25) is 5.02 Å². The van der Waals surface area contributed by atoms with Crippen LogP contribution in [-0.4, -0.2) is 19.8 Å². The molecule has 4 heteroatoms. The van der Waals surface area contributed by atoms with Crippen LogP contribution in [0.3, 0.4) is 0 Å². The van der Waals surface area contributed by atoms with Crippen molar-refractivity contribution in [1.82, 2.24) is 0 Å². The summed E-state index contributed by atoms with van der Waals surface area (Å²) in [6, 6.07) is 4.60. The summed E-state index contributed by atoms with van der Waals surface area (Å²) < 4.78 is 18.2. The van der Waals surface area contributed by atoms with E-state index in [1.165, 1.54) is 6.07 Å². The van der Waals surface area contributed by atoms with E-state index in [2.05, 4.69) is 0 Å². The van der Waals surface area contributed by atoms with Gasteiger partial charge in [-0.3, -0.25) is 0 Å². The molecule has 15 heavy (non-hydrogen) atoms. The van der Waals surface area contributed by atoms with Crippen molar-refractivity contribution < 1.29 is 9.13 Å². The van der Waals surface area contributed by atoms with Gasteiger partial charge in [0.1, 0.15) is 5.82 Å². The highest BCUT2D eigenvalue weighted by molar-refractivity contribution is 6.31. The lowest BCUT2D eigenvalue weighted by Gasteiger charge is -2.11. The Bertz CT molecular complexity index is 299. The van der Waals surface area contributed by atoms with Crippen molar-refractivity contribution in [1.29, 1.82) is 0 Å². The first-order chi connectivity index (χ1) is 7.15. The van der Waals surface area contributed by atoms with Crippen molar-refractivity contribution in [3.8, 4) is 0 Å². The van der Waals surface area contributed by atoms with Crippen LogP contribution >= 0.6 is 11.6 Å². The molecule has 2 N–H and O–H groups in total. The molecule has 0 saturated carbocycles. The zero-order valence-corrected chi connectivity index (χ0v) is 9.43. The van der Waals surface area contributed by atoms with E-state index >= 15 is 0 Å². The Labute approximate surface area is 94.2 Å². The van der Waals surface area contributed by atoms with Crippen molar-refractivity contribution in [2.75, 3.05) is 13.7 Å². The fraction of sp³-hybridized carbons (Fsp3) is 0.455. The Morgan fingerprint density at radius 1 is 1.53 bits per heavy atom. The summed E-state index contributed by atoms with van der Waals surface area (Å²) in [5.41, 5.74) is 6.27. The first kappa shape index (κ1) is 12.4. The minimum atomic E-state index is -0.271. The molecule has 1 atom stereocenters. The maximum absolute atomic E-state index is 13.3. The first-order valence-corrected chi connectivity index (χ1v) is 5.20. The van der Waals surface area contributed by atoms with Crippen LogP contribution in [-0.2, 0) is 11.2 Å². The maximum atomic E-state index is 13.3. The number of nitrogens with two attached hydrogens (primary N) is 1. The Morgan fingerprint density at radius 2 is 2.27 bits per heavy atom. The number of methoxy groups -OCH3 is 1. The van der Waals surface area contributed by atoms with E-state index in [1.807, 2.05) is 0 Å². The predicted molar refractivity (Wildman–Crippen MR) is 59.6 cm³/mol. The van der Waals surface area contributed by atoms with Gasteiger partial charge >= 0.3 is 0 Å². The quantitative estimate of drug-likeness (QED) is 0.845. The Hall–Kier alpha value is -0.640. The summed E-state index contributed by atoms with van der Waals surface area (Å²) in [6.45, 7) is 0.478. The summed E-state index contributed by atoms with van der Waals surface area (Å²) in [4.78, 5) is 0. The van der Waals surface area contributed by atoms with Gasteiger partial charge in [0.2, 0.25) is 0 Å². The van der Waals surface area contributed by atoms with Crippen LogP contribution in [0.5, 0.6) is 0 Å². The number of hydrogen-bond donors (Lipinski definition) is 1. The Kier molecular flexibility index (Phi) is 5.02. The van der Waals surface area contributed by atoms with Crippen molar-refractivity contribution in [2.45, 2.75) is 18.9 Å². The Morgan fingerprint density at radius 3 is 2.87 bits per heavy atom. The highest BCUT2D eigenvalue weighted by Crippen LogP contribution is 2.20. The third-order valence-corrected chi connectivity index (χ3v) is 2.56. The van der Waals surface area contributed by atoms with Crippen molar-refractivity contribution in [3.05, 3.63) is 34.6 Å². The van der Waals surface area contributed by atoms with Crippen LogP contribution in [0.4, 0.5) is 4.39 Å². The second-order valence-electron chi connectivity index (χ2n) is 3.45. The lowest BCUT2D eigenvalue weighted by molar-refractivity contribution is 0.177. The van der Waals surface area contributed by atoms with Gasteiger partial charge < -0.3 is 10.5 Å². The predicted octanol–water partition coefficient (Wildman–Crippen LogP) is 2.39. The number of hydrogen-bond acceptors (Lipinski definition) is 2. The lowest BCUT2D eigenvalue weighted by atomic mass is 10.1. The standard InChI is InChI=1S/C11H15ClFNO/c1-15-7-8(14)5-6-9-10(12)3-2-4-11(9)13/h2-4,8H,5-7,14H2,1H3. The highest BCUT2D eigenvalue weighted by atomic mass is 35.5. The molecule has 0 saturated heterocycles. The third-order valence-electron chi connectivity index (χ3n) is 2.21. The lowest BCUT2D eigenvalue weighted by Crippen LogP contribution is -2.26. The molecule has 0 radical (unpaired) electrons. The van der Waals surface area contributed by atoms with E-state index in [0.29, 0.717) is 30.0 Å². The minimum Gasteiger partial charge on any atom is -0.383 e. The highest BCUT2D eigenvalue weighted by Gasteiger charge is 2.09. The van der Waals surface area contributed by atoms with Gasteiger partial charge in [0.15, 0.2) is 0 Å². The molecule has 0 spiro atoms. The van der Waals surface area contributed by atoms with Crippen molar-refractivity contribution >= 4 is 11.6 Å². The van der Waals surface area contributed by atoms with Crippen molar-refractivity contribution in [2.24, 2.45) is 5.73 Å².